The van der Waals surface area contributed by atoms with E-state index in [-0.39, 0.29) is 17.9 Å². The average molecular weight is 505 g/mol. The van der Waals surface area contributed by atoms with Gasteiger partial charge in [-0.25, -0.2) is 0 Å². The molecule has 0 aliphatic carbocycles. The van der Waals surface area contributed by atoms with Crippen LogP contribution in [0, 0.1) is 11.8 Å². The Morgan fingerprint density at radius 1 is 0.838 bits per heavy atom. The third kappa shape index (κ3) is 6.27. The minimum absolute atomic E-state index is 0.0369. The molecule has 3 aromatic rings. The fraction of sp³-hybridized carbons (Fsp3) is 0.355. The number of hydrogen-bond donors (Lipinski definition) is 1. The monoisotopic (exact) mass is 504 g/mol. The van der Waals surface area contributed by atoms with Gasteiger partial charge in [0.1, 0.15) is 0 Å². The molecule has 3 aromatic carbocycles. The molecule has 4 rings (SSSR count). The first-order valence-electron chi connectivity index (χ1n) is 12.5. The normalized spacial score (nSPS) is 20.4. The van der Waals surface area contributed by atoms with E-state index >= 15 is 0 Å². The maximum atomic E-state index is 11.3. The van der Waals surface area contributed by atoms with Gasteiger partial charge in [0.25, 0.3) is 0 Å². The summed E-state index contributed by atoms with van der Waals surface area (Å²) in [6.07, 6.45) is 5.20. The van der Waals surface area contributed by atoms with Crippen molar-refractivity contribution in [1.82, 2.24) is 0 Å². The molecule has 1 aliphatic rings. The number of hydrogen-bond acceptors (Lipinski definition) is 6. The van der Waals surface area contributed by atoms with Crippen LogP contribution in [-0.4, -0.2) is 40.2 Å². The van der Waals surface area contributed by atoms with Crippen molar-refractivity contribution in [2.75, 3.05) is 35.0 Å². The zero-order valence-electron chi connectivity index (χ0n) is 21.9. The maximum absolute atomic E-state index is 11.3. The molecule has 1 heterocycles. The van der Waals surface area contributed by atoms with Crippen LogP contribution >= 0.6 is 0 Å². The number of aliphatic hydroxyl groups is 1. The Labute approximate surface area is 219 Å². The Morgan fingerprint density at radius 2 is 1.49 bits per heavy atom. The summed E-state index contributed by atoms with van der Waals surface area (Å²) in [5, 5.41) is 11.3. The average Bonchev–Trinajstić information content (AvgIpc) is 2.96. The van der Waals surface area contributed by atoms with Gasteiger partial charge in [-0.2, -0.15) is 0 Å². The van der Waals surface area contributed by atoms with Crippen molar-refractivity contribution in [1.29, 1.82) is 0 Å². The highest BCUT2D eigenvalue weighted by Gasteiger charge is 2.35. The van der Waals surface area contributed by atoms with Crippen molar-refractivity contribution in [3.8, 4) is 23.0 Å². The van der Waals surface area contributed by atoms with Gasteiger partial charge in [0, 0.05) is 5.92 Å². The van der Waals surface area contributed by atoms with Crippen LogP contribution in [0.15, 0.2) is 72.8 Å². The summed E-state index contributed by atoms with van der Waals surface area (Å²) in [5.41, 5.74) is 2.99. The van der Waals surface area contributed by atoms with E-state index in [0.29, 0.717) is 29.6 Å². The van der Waals surface area contributed by atoms with E-state index in [9.17, 15) is 5.11 Å². The van der Waals surface area contributed by atoms with Crippen LogP contribution < -0.4 is 18.9 Å². The third-order valence-corrected chi connectivity index (χ3v) is 7.00. The molecule has 1 saturated heterocycles. The summed E-state index contributed by atoms with van der Waals surface area (Å²) in [4.78, 5) is 0. The van der Waals surface area contributed by atoms with E-state index in [4.69, 9.17) is 23.7 Å². The van der Waals surface area contributed by atoms with Crippen molar-refractivity contribution in [2.24, 2.45) is 11.8 Å². The number of methoxy groups -OCH3 is 4. The Hall–Kier alpha value is -3.48. The molecule has 6 heteroatoms. The summed E-state index contributed by atoms with van der Waals surface area (Å²) >= 11 is 0. The first-order chi connectivity index (χ1) is 18.1. The first kappa shape index (κ1) is 26.6. The highest BCUT2D eigenvalue weighted by molar-refractivity contribution is 5.56. The molecule has 1 N–H and O–H groups in total. The Kier molecular flexibility index (Phi) is 9.09. The molecule has 1 fully saturated rings. The molecular weight excluding hydrogens is 468 g/mol. The van der Waals surface area contributed by atoms with E-state index in [1.807, 2.05) is 54.6 Å². The van der Waals surface area contributed by atoms with Gasteiger partial charge < -0.3 is 28.8 Å². The van der Waals surface area contributed by atoms with Crippen molar-refractivity contribution in [3.05, 3.63) is 89.5 Å². The van der Waals surface area contributed by atoms with Crippen LogP contribution in [-0.2, 0) is 4.74 Å². The molecule has 196 valence electrons. The summed E-state index contributed by atoms with van der Waals surface area (Å²) in [6.45, 7) is 0.477. The SMILES string of the molecule is COc1ccc(/C=C/C[C@H]2C[C@@H]([C@@H](O)c3ccc(OC)c(OC)c3)CO[C@@H]2c2ccccc2)cc1OC. The van der Waals surface area contributed by atoms with Gasteiger partial charge >= 0.3 is 0 Å². The van der Waals surface area contributed by atoms with E-state index in [2.05, 4.69) is 24.3 Å². The Bertz CT molecular complexity index is 1180. The number of rotatable bonds is 10. The lowest BCUT2D eigenvalue weighted by atomic mass is 9.79. The lowest BCUT2D eigenvalue weighted by molar-refractivity contribution is -0.0900. The largest absolute Gasteiger partial charge is 0.493 e. The molecule has 6 nitrogen and oxygen atoms in total. The quantitative estimate of drug-likeness (QED) is 0.352. The Balaban J connectivity index is 1.53. The van der Waals surface area contributed by atoms with Crippen LogP contribution in [0.5, 0.6) is 23.0 Å². The van der Waals surface area contributed by atoms with Crippen LogP contribution in [0.3, 0.4) is 0 Å². The number of aliphatic hydroxyl groups excluding tert-OH is 1. The van der Waals surface area contributed by atoms with Gasteiger partial charge in [0.05, 0.1) is 47.3 Å². The second kappa shape index (κ2) is 12.7. The predicted octanol–water partition coefficient (Wildman–Crippen LogP) is 6.25. The summed E-state index contributed by atoms with van der Waals surface area (Å²) in [7, 11) is 6.47. The van der Waals surface area contributed by atoms with Crippen molar-refractivity contribution < 1.29 is 28.8 Å². The molecule has 0 spiro atoms. The predicted molar refractivity (Wildman–Crippen MR) is 144 cm³/mol. The number of benzene rings is 3. The maximum Gasteiger partial charge on any atom is 0.161 e. The van der Waals surface area contributed by atoms with Crippen molar-refractivity contribution >= 4 is 6.08 Å². The zero-order valence-corrected chi connectivity index (χ0v) is 21.9. The van der Waals surface area contributed by atoms with Gasteiger partial charge in [0.15, 0.2) is 23.0 Å². The topological polar surface area (TPSA) is 66.4 Å². The van der Waals surface area contributed by atoms with Crippen LogP contribution in [0.1, 0.15) is 41.7 Å². The van der Waals surface area contributed by atoms with Crippen LogP contribution in [0.4, 0.5) is 0 Å². The van der Waals surface area contributed by atoms with Gasteiger partial charge in [-0.1, -0.05) is 54.6 Å². The van der Waals surface area contributed by atoms with Gasteiger partial charge in [-0.05, 0) is 59.7 Å². The highest BCUT2D eigenvalue weighted by atomic mass is 16.5. The van der Waals surface area contributed by atoms with E-state index in [0.717, 1.165) is 29.5 Å². The molecule has 1 aliphatic heterocycles. The second-order valence-electron chi connectivity index (χ2n) is 9.23. The lowest BCUT2D eigenvalue weighted by Crippen LogP contribution is -2.32. The van der Waals surface area contributed by atoms with E-state index < -0.39 is 6.10 Å². The molecule has 4 atom stereocenters. The smallest absolute Gasteiger partial charge is 0.161 e. The highest BCUT2D eigenvalue weighted by Crippen LogP contribution is 2.43. The molecule has 0 bridgehead atoms. The van der Waals surface area contributed by atoms with E-state index in [1.54, 1.807) is 28.4 Å². The lowest BCUT2D eigenvalue weighted by Gasteiger charge is -2.38. The number of ether oxygens (including phenoxy) is 5. The van der Waals surface area contributed by atoms with Gasteiger partial charge in [0.2, 0.25) is 0 Å². The summed E-state index contributed by atoms with van der Waals surface area (Å²) < 4.78 is 28.0. The van der Waals surface area contributed by atoms with Crippen molar-refractivity contribution in [3.63, 3.8) is 0 Å². The van der Waals surface area contributed by atoms with Gasteiger partial charge in [-0.15, -0.1) is 0 Å². The molecule has 0 aromatic heterocycles. The third-order valence-electron chi connectivity index (χ3n) is 7.00. The zero-order chi connectivity index (χ0) is 26.2. The summed E-state index contributed by atoms with van der Waals surface area (Å²) in [5.74, 6) is 2.81. The molecule has 0 saturated carbocycles. The second-order valence-corrected chi connectivity index (χ2v) is 9.23. The van der Waals surface area contributed by atoms with Crippen LogP contribution in [0.25, 0.3) is 6.08 Å². The first-order valence-corrected chi connectivity index (χ1v) is 12.5. The summed E-state index contributed by atoms with van der Waals surface area (Å²) in [6, 6.07) is 21.8. The van der Waals surface area contributed by atoms with Crippen LogP contribution in [0.2, 0.25) is 0 Å². The minimum Gasteiger partial charge on any atom is -0.493 e. The standard InChI is InChI=1S/C31H36O6/c1-33-26-15-13-21(17-28(26)35-3)9-8-12-24-18-25(20-37-31(24)22-10-6-5-7-11-22)30(32)23-14-16-27(34-2)29(19-23)36-4/h5-11,13-17,19,24-25,30-32H,12,18,20H2,1-4H3/b9-8+/t24-,25+,30-,31+/m0/s1. The molecule has 0 unspecified atom stereocenters. The molecule has 0 amide bonds. The molecular formula is C31H36O6. The fourth-order valence-corrected chi connectivity index (χ4v) is 5.04. The Morgan fingerprint density at radius 3 is 2.16 bits per heavy atom. The minimum atomic E-state index is -0.672. The molecule has 37 heavy (non-hydrogen) atoms. The fourth-order valence-electron chi connectivity index (χ4n) is 5.04. The van der Waals surface area contributed by atoms with Crippen molar-refractivity contribution in [2.45, 2.75) is 25.0 Å². The van der Waals surface area contributed by atoms with Gasteiger partial charge in [-0.3, -0.25) is 0 Å². The molecule has 0 radical (unpaired) electrons. The van der Waals surface area contributed by atoms with E-state index in [1.165, 1.54) is 0 Å². The number of allylic oxidation sites excluding steroid dienone is 1.